The third-order valence-corrected chi connectivity index (χ3v) is 4.26. The number of thiophene rings is 1. The summed E-state index contributed by atoms with van der Waals surface area (Å²) in [5.41, 5.74) is 0. The van der Waals surface area contributed by atoms with E-state index in [9.17, 15) is 0 Å². The van der Waals surface area contributed by atoms with Gasteiger partial charge < -0.3 is 10.6 Å². The van der Waals surface area contributed by atoms with Gasteiger partial charge in [0.25, 0.3) is 0 Å². The predicted molar refractivity (Wildman–Crippen MR) is 87.4 cm³/mol. The van der Waals surface area contributed by atoms with E-state index in [0.717, 1.165) is 34.8 Å². The SMILES string of the molecule is CCNc1nc(Nc2ccn(C)n2)c2cc(CC)sc2n1. The van der Waals surface area contributed by atoms with Crippen LogP contribution in [0.15, 0.2) is 18.3 Å². The minimum absolute atomic E-state index is 0.646. The maximum Gasteiger partial charge on any atom is 0.226 e. The summed E-state index contributed by atoms with van der Waals surface area (Å²) >= 11 is 1.71. The molecule has 0 bridgehead atoms. The summed E-state index contributed by atoms with van der Waals surface area (Å²) in [6.07, 6.45) is 2.90. The maximum absolute atomic E-state index is 4.57. The molecular weight excluding hydrogens is 284 g/mol. The van der Waals surface area contributed by atoms with Gasteiger partial charge in [-0.2, -0.15) is 10.1 Å². The third-order valence-electron chi connectivity index (χ3n) is 3.09. The number of aromatic nitrogens is 4. The van der Waals surface area contributed by atoms with Gasteiger partial charge in [0, 0.05) is 30.7 Å². The highest BCUT2D eigenvalue weighted by Crippen LogP contribution is 2.31. The van der Waals surface area contributed by atoms with Crippen LogP contribution in [0.4, 0.5) is 17.6 Å². The van der Waals surface area contributed by atoms with E-state index in [0.29, 0.717) is 5.95 Å². The smallest absolute Gasteiger partial charge is 0.226 e. The first kappa shape index (κ1) is 13.8. The second-order valence-electron chi connectivity index (χ2n) is 4.71. The van der Waals surface area contributed by atoms with E-state index >= 15 is 0 Å². The van der Waals surface area contributed by atoms with Gasteiger partial charge in [0.2, 0.25) is 5.95 Å². The monoisotopic (exact) mass is 302 g/mol. The average molecular weight is 302 g/mol. The zero-order valence-electron chi connectivity index (χ0n) is 12.3. The zero-order valence-corrected chi connectivity index (χ0v) is 13.2. The molecule has 0 aromatic carbocycles. The van der Waals surface area contributed by atoms with E-state index in [4.69, 9.17) is 0 Å². The molecule has 0 aliphatic heterocycles. The largest absolute Gasteiger partial charge is 0.354 e. The van der Waals surface area contributed by atoms with Crippen LogP contribution in [0.3, 0.4) is 0 Å². The van der Waals surface area contributed by atoms with Gasteiger partial charge in [-0.15, -0.1) is 11.3 Å². The molecule has 0 saturated heterocycles. The number of nitrogens with zero attached hydrogens (tertiary/aromatic N) is 4. The molecule has 3 aromatic heterocycles. The Morgan fingerprint density at radius 2 is 2.14 bits per heavy atom. The molecule has 0 aliphatic rings. The number of hydrogen-bond acceptors (Lipinski definition) is 6. The van der Waals surface area contributed by atoms with Gasteiger partial charge in [-0.1, -0.05) is 6.92 Å². The van der Waals surface area contributed by atoms with Gasteiger partial charge in [-0.3, -0.25) is 4.68 Å². The Bertz CT molecular complexity index is 760. The van der Waals surface area contributed by atoms with Crippen LogP contribution in [0.1, 0.15) is 18.7 Å². The van der Waals surface area contributed by atoms with Crippen LogP contribution in [0.5, 0.6) is 0 Å². The summed E-state index contributed by atoms with van der Waals surface area (Å²) < 4.78 is 1.76. The second kappa shape index (κ2) is 5.69. The molecule has 21 heavy (non-hydrogen) atoms. The molecule has 7 heteroatoms. The Morgan fingerprint density at radius 3 is 2.81 bits per heavy atom. The lowest BCUT2D eigenvalue weighted by Gasteiger charge is -2.07. The van der Waals surface area contributed by atoms with Crippen molar-refractivity contribution in [3.05, 3.63) is 23.2 Å². The Hall–Kier alpha value is -2.15. The highest BCUT2D eigenvalue weighted by Gasteiger charge is 2.12. The molecule has 0 radical (unpaired) electrons. The number of hydrogen-bond donors (Lipinski definition) is 2. The van der Waals surface area contributed by atoms with Gasteiger partial charge in [0.1, 0.15) is 10.6 Å². The van der Waals surface area contributed by atoms with Gasteiger partial charge in [0.05, 0.1) is 5.39 Å². The summed E-state index contributed by atoms with van der Waals surface area (Å²) in [7, 11) is 1.89. The van der Waals surface area contributed by atoms with Crippen LogP contribution in [-0.2, 0) is 13.5 Å². The van der Waals surface area contributed by atoms with Crippen molar-refractivity contribution in [2.75, 3.05) is 17.2 Å². The molecule has 3 heterocycles. The Morgan fingerprint density at radius 1 is 1.29 bits per heavy atom. The fraction of sp³-hybridized carbons (Fsp3) is 0.357. The fourth-order valence-corrected chi connectivity index (χ4v) is 3.05. The highest BCUT2D eigenvalue weighted by atomic mass is 32.1. The van der Waals surface area contributed by atoms with Gasteiger partial charge in [-0.05, 0) is 19.4 Å². The molecule has 0 aliphatic carbocycles. The number of rotatable bonds is 5. The lowest BCUT2D eigenvalue weighted by atomic mass is 10.3. The van der Waals surface area contributed by atoms with Gasteiger partial charge in [0.15, 0.2) is 5.82 Å². The first-order valence-corrected chi connectivity index (χ1v) is 7.82. The summed E-state index contributed by atoms with van der Waals surface area (Å²) in [6.45, 7) is 4.97. The third kappa shape index (κ3) is 2.82. The minimum atomic E-state index is 0.646. The van der Waals surface area contributed by atoms with E-state index in [1.54, 1.807) is 16.0 Å². The first-order valence-electron chi connectivity index (χ1n) is 7.00. The number of nitrogens with one attached hydrogen (secondary N) is 2. The van der Waals surface area contributed by atoms with Crippen molar-refractivity contribution in [2.45, 2.75) is 20.3 Å². The molecule has 0 atom stereocenters. The molecule has 3 rings (SSSR count). The predicted octanol–water partition coefficient (Wildman–Crippen LogP) is 3.16. The van der Waals surface area contributed by atoms with Crippen LogP contribution >= 0.6 is 11.3 Å². The molecule has 0 unspecified atom stereocenters. The van der Waals surface area contributed by atoms with Crippen molar-refractivity contribution in [1.29, 1.82) is 0 Å². The lowest BCUT2D eigenvalue weighted by Crippen LogP contribution is -2.04. The summed E-state index contributed by atoms with van der Waals surface area (Å²) in [4.78, 5) is 11.4. The standard InChI is InChI=1S/C14H18N6S/c1-4-9-8-10-12(16-11-6-7-20(3)19-11)17-14(15-5-2)18-13(10)21-9/h6-8H,4-5H2,1-3H3,(H2,15,16,17,18,19). The molecule has 0 saturated carbocycles. The molecule has 3 aromatic rings. The van der Waals surface area contributed by atoms with Crippen molar-refractivity contribution in [1.82, 2.24) is 19.7 Å². The Labute approximate surface area is 127 Å². The van der Waals surface area contributed by atoms with E-state index in [1.807, 2.05) is 26.2 Å². The van der Waals surface area contributed by atoms with Crippen LogP contribution in [0.2, 0.25) is 0 Å². The Kier molecular flexibility index (Phi) is 3.74. The first-order chi connectivity index (χ1) is 10.2. The van der Waals surface area contributed by atoms with Gasteiger partial charge >= 0.3 is 0 Å². The van der Waals surface area contributed by atoms with Crippen LogP contribution in [0.25, 0.3) is 10.2 Å². The van der Waals surface area contributed by atoms with E-state index < -0.39 is 0 Å². The number of fused-ring (bicyclic) bond motifs is 1. The summed E-state index contributed by atoms with van der Waals surface area (Å²) in [5.74, 6) is 2.22. The number of anilines is 3. The summed E-state index contributed by atoms with van der Waals surface area (Å²) in [5, 5.41) is 11.9. The second-order valence-corrected chi connectivity index (χ2v) is 5.83. The molecule has 110 valence electrons. The van der Waals surface area contributed by atoms with Crippen molar-refractivity contribution in [3.8, 4) is 0 Å². The normalized spacial score (nSPS) is 11.0. The van der Waals surface area contributed by atoms with E-state index in [-0.39, 0.29) is 0 Å². The quantitative estimate of drug-likeness (QED) is 0.757. The van der Waals surface area contributed by atoms with Crippen molar-refractivity contribution < 1.29 is 0 Å². The van der Waals surface area contributed by atoms with E-state index in [1.165, 1.54) is 4.88 Å². The van der Waals surface area contributed by atoms with E-state index in [2.05, 4.69) is 38.7 Å². The molecule has 6 nitrogen and oxygen atoms in total. The topological polar surface area (TPSA) is 67.7 Å². The van der Waals surface area contributed by atoms with Crippen molar-refractivity contribution >= 4 is 39.1 Å². The van der Waals surface area contributed by atoms with Crippen molar-refractivity contribution in [2.24, 2.45) is 7.05 Å². The Balaban J connectivity index is 2.06. The molecule has 0 amide bonds. The average Bonchev–Trinajstić information content (AvgIpc) is 3.05. The zero-order chi connectivity index (χ0) is 14.8. The fourth-order valence-electron chi connectivity index (χ4n) is 2.08. The maximum atomic E-state index is 4.57. The molecule has 2 N–H and O–H groups in total. The number of aryl methyl sites for hydroxylation is 2. The molecular formula is C14H18N6S. The van der Waals surface area contributed by atoms with Crippen LogP contribution < -0.4 is 10.6 Å². The van der Waals surface area contributed by atoms with Gasteiger partial charge in [-0.25, -0.2) is 4.98 Å². The minimum Gasteiger partial charge on any atom is -0.354 e. The van der Waals surface area contributed by atoms with Crippen molar-refractivity contribution in [3.63, 3.8) is 0 Å². The van der Waals surface area contributed by atoms with Crippen LogP contribution in [-0.4, -0.2) is 26.3 Å². The highest BCUT2D eigenvalue weighted by molar-refractivity contribution is 7.18. The summed E-state index contributed by atoms with van der Waals surface area (Å²) in [6, 6.07) is 4.08. The lowest BCUT2D eigenvalue weighted by molar-refractivity contribution is 0.771. The van der Waals surface area contributed by atoms with Crippen LogP contribution in [0, 0.1) is 0 Å². The molecule has 0 spiro atoms. The molecule has 0 fully saturated rings.